The lowest BCUT2D eigenvalue weighted by molar-refractivity contribution is -0.143. The average Bonchev–Trinajstić information content (AvgIpc) is 3.30. The third-order valence-corrected chi connectivity index (χ3v) is 5.54. The number of benzene rings is 1. The molecular weight excluding hydrogens is 448 g/mol. The van der Waals surface area contributed by atoms with Crippen molar-refractivity contribution < 1.29 is 39.3 Å². The first-order valence-electron chi connectivity index (χ1n) is 10.9. The number of carboxylic acid groups (broad SMARTS) is 2. The zero-order valence-corrected chi connectivity index (χ0v) is 18.6. The maximum atomic E-state index is 12.8. The number of aliphatic carboxylic acids is 2. The summed E-state index contributed by atoms with van der Waals surface area (Å²) < 4.78 is 0. The summed E-state index contributed by atoms with van der Waals surface area (Å²) in [5.41, 5.74) is 6.46. The summed E-state index contributed by atoms with van der Waals surface area (Å²) in [6.45, 7) is -0.542. The molecule has 1 aliphatic heterocycles. The number of nitrogens with two attached hydrogens (primary N) is 1. The molecule has 1 aliphatic rings. The Bertz CT molecular complexity index is 894. The van der Waals surface area contributed by atoms with E-state index in [1.54, 1.807) is 30.3 Å². The molecule has 34 heavy (non-hydrogen) atoms. The standard InChI is InChI=1S/C22H30N4O8/c23-14(8-9-18(28)29)21(32)26-10-4-7-17(26)20(31)25-16(12-27)19(30)24-15(22(33)34)11-13-5-2-1-3-6-13/h1-3,5-6,14-17,27H,4,7-12,23H2,(H,24,30)(H,25,31)(H,28,29)(H,33,34). The lowest BCUT2D eigenvalue weighted by Crippen LogP contribution is -2.57. The molecule has 1 fully saturated rings. The lowest BCUT2D eigenvalue weighted by Gasteiger charge is -2.28. The minimum absolute atomic E-state index is 0.00709. The van der Waals surface area contributed by atoms with Crippen molar-refractivity contribution in [2.75, 3.05) is 13.2 Å². The van der Waals surface area contributed by atoms with Crippen molar-refractivity contribution in [3.05, 3.63) is 35.9 Å². The van der Waals surface area contributed by atoms with Gasteiger partial charge in [0.05, 0.1) is 12.6 Å². The van der Waals surface area contributed by atoms with Crippen LogP contribution < -0.4 is 16.4 Å². The topological polar surface area (TPSA) is 199 Å². The number of carbonyl (C=O) groups is 5. The van der Waals surface area contributed by atoms with E-state index in [0.29, 0.717) is 18.4 Å². The Morgan fingerprint density at radius 1 is 1.06 bits per heavy atom. The molecule has 0 radical (unpaired) electrons. The number of carboxylic acids is 2. The summed E-state index contributed by atoms with van der Waals surface area (Å²) in [5.74, 6) is -4.52. The molecular formula is C22H30N4O8. The van der Waals surface area contributed by atoms with E-state index < -0.39 is 60.4 Å². The van der Waals surface area contributed by atoms with E-state index in [1.165, 1.54) is 4.90 Å². The van der Waals surface area contributed by atoms with Gasteiger partial charge in [0.25, 0.3) is 0 Å². The van der Waals surface area contributed by atoms with Crippen LogP contribution in [0.25, 0.3) is 0 Å². The first kappa shape index (κ1) is 26.7. The van der Waals surface area contributed by atoms with Gasteiger partial charge in [0.15, 0.2) is 0 Å². The number of nitrogens with one attached hydrogen (secondary N) is 2. The highest BCUT2D eigenvalue weighted by Crippen LogP contribution is 2.19. The number of aliphatic hydroxyl groups is 1. The normalized spacial score (nSPS) is 17.9. The largest absolute Gasteiger partial charge is 0.481 e. The van der Waals surface area contributed by atoms with Crippen molar-refractivity contribution >= 4 is 29.7 Å². The molecule has 4 atom stereocenters. The zero-order valence-electron chi connectivity index (χ0n) is 18.6. The van der Waals surface area contributed by atoms with Crippen LogP contribution in [0.15, 0.2) is 30.3 Å². The van der Waals surface area contributed by atoms with Gasteiger partial charge in [-0.05, 0) is 24.8 Å². The van der Waals surface area contributed by atoms with Gasteiger partial charge in [-0.1, -0.05) is 30.3 Å². The van der Waals surface area contributed by atoms with Gasteiger partial charge in [-0.25, -0.2) is 4.79 Å². The molecule has 0 aromatic heterocycles. The van der Waals surface area contributed by atoms with E-state index >= 15 is 0 Å². The van der Waals surface area contributed by atoms with Gasteiger partial charge in [0.1, 0.15) is 18.1 Å². The van der Waals surface area contributed by atoms with Gasteiger partial charge >= 0.3 is 11.9 Å². The van der Waals surface area contributed by atoms with Crippen molar-refractivity contribution in [1.82, 2.24) is 15.5 Å². The van der Waals surface area contributed by atoms with Crippen LogP contribution >= 0.6 is 0 Å². The van der Waals surface area contributed by atoms with Crippen LogP contribution in [0, 0.1) is 0 Å². The molecule has 12 heteroatoms. The van der Waals surface area contributed by atoms with E-state index in [0.717, 1.165) is 0 Å². The summed E-state index contributed by atoms with van der Waals surface area (Å²) in [5, 5.41) is 32.6. The van der Waals surface area contributed by atoms with E-state index in [9.17, 15) is 34.2 Å². The number of rotatable bonds is 12. The van der Waals surface area contributed by atoms with Crippen LogP contribution in [0.2, 0.25) is 0 Å². The summed E-state index contributed by atoms with van der Waals surface area (Å²) in [6.07, 6.45) is 0.433. The van der Waals surface area contributed by atoms with Crippen LogP contribution in [0.3, 0.4) is 0 Å². The molecule has 3 amide bonds. The second-order valence-corrected chi connectivity index (χ2v) is 8.06. The van der Waals surface area contributed by atoms with Gasteiger partial charge < -0.3 is 36.6 Å². The highest BCUT2D eigenvalue weighted by atomic mass is 16.4. The molecule has 12 nitrogen and oxygen atoms in total. The van der Waals surface area contributed by atoms with Gasteiger partial charge in [0.2, 0.25) is 17.7 Å². The smallest absolute Gasteiger partial charge is 0.326 e. The molecule has 1 aromatic rings. The minimum atomic E-state index is -1.43. The van der Waals surface area contributed by atoms with Gasteiger partial charge in [0, 0.05) is 19.4 Å². The van der Waals surface area contributed by atoms with Crippen molar-refractivity contribution in [2.24, 2.45) is 5.73 Å². The number of nitrogens with zero attached hydrogens (tertiary/aromatic N) is 1. The van der Waals surface area contributed by atoms with Crippen molar-refractivity contribution in [3.8, 4) is 0 Å². The number of amides is 3. The van der Waals surface area contributed by atoms with E-state index in [-0.39, 0.29) is 25.8 Å². The van der Waals surface area contributed by atoms with Crippen LogP contribution in [0.4, 0.5) is 0 Å². The monoisotopic (exact) mass is 478 g/mol. The Kier molecular flexibility index (Phi) is 9.95. The molecule has 0 aliphatic carbocycles. The molecule has 7 N–H and O–H groups in total. The molecule has 1 saturated heterocycles. The summed E-state index contributed by atoms with van der Waals surface area (Å²) in [7, 11) is 0. The van der Waals surface area contributed by atoms with Crippen molar-refractivity contribution in [3.63, 3.8) is 0 Å². The Morgan fingerprint density at radius 3 is 2.32 bits per heavy atom. The predicted octanol–water partition coefficient (Wildman–Crippen LogP) is -1.54. The molecule has 4 unspecified atom stereocenters. The Hall–Kier alpha value is -3.51. The maximum absolute atomic E-state index is 12.8. The number of hydrogen-bond acceptors (Lipinski definition) is 7. The third kappa shape index (κ3) is 7.52. The number of carbonyl (C=O) groups excluding carboxylic acids is 3. The van der Waals surface area contributed by atoms with Gasteiger partial charge in [-0.15, -0.1) is 0 Å². The summed E-state index contributed by atoms with van der Waals surface area (Å²) >= 11 is 0. The Labute approximate surface area is 196 Å². The van der Waals surface area contributed by atoms with Crippen molar-refractivity contribution in [1.29, 1.82) is 0 Å². The average molecular weight is 479 g/mol. The minimum Gasteiger partial charge on any atom is -0.481 e. The second-order valence-electron chi connectivity index (χ2n) is 8.06. The SMILES string of the molecule is NC(CCC(=O)O)C(=O)N1CCCC1C(=O)NC(CO)C(=O)NC(Cc1ccccc1)C(=O)O. The van der Waals surface area contributed by atoms with Gasteiger partial charge in [-0.2, -0.15) is 0 Å². The van der Waals surface area contributed by atoms with E-state index in [4.69, 9.17) is 10.8 Å². The Morgan fingerprint density at radius 2 is 1.74 bits per heavy atom. The summed E-state index contributed by atoms with van der Waals surface area (Å²) in [6, 6.07) is 3.91. The fourth-order valence-corrected chi connectivity index (χ4v) is 3.70. The fraction of sp³-hybridized carbons (Fsp3) is 0.500. The molecule has 0 bridgehead atoms. The third-order valence-electron chi connectivity index (χ3n) is 5.54. The highest BCUT2D eigenvalue weighted by molar-refractivity contribution is 5.94. The van der Waals surface area contributed by atoms with Crippen LogP contribution in [0.1, 0.15) is 31.2 Å². The second kappa shape index (κ2) is 12.7. The molecule has 2 rings (SSSR count). The molecule has 1 aromatic carbocycles. The quantitative estimate of drug-likeness (QED) is 0.206. The number of aliphatic hydroxyl groups excluding tert-OH is 1. The van der Waals surface area contributed by atoms with Crippen LogP contribution in [-0.2, 0) is 30.4 Å². The highest BCUT2D eigenvalue weighted by Gasteiger charge is 2.37. The first-order chi connectivity index (χ1) is 16.1. The molecule has 0 saturated carbocycles. The number of likely N-dealkylation sites (tertiary alicyclic amines) is 1. The van der Waals surface area contributed by atoms with E-state index in [1.807, 2.05) is 0 Å². The molecule has 186 valence electrons. The van der Waals surface area contributed by atoms with E-state index in [2.05, 4.69) is 10.6 Å². The van der Waals surface area contributed by atoms with Gasteiger partial charge in [-0.3, -0.25) is 19.2 Å². The Balaban J connectivity index is 2.00. The lowest BCUT2D eigenvalue weighted by atomic mass is 10.1. The van der Waals surface area contributed by atoms with Crippen molar-refractivity contribution in [2.45, 2.75) is 56.3 Å². The zero-order chi connectivity index (χ0) is 25.3. The van der Waals surface area contributed by atoms with Crippen LogP contribution in [0.5, 0.6) is 0 Å². The fourth-order valence-electron chi connectivity index (χ4n) is 3.70. The molecule has 1 heterocycles. The maximum Gasteiger partial charge on any atom is 0.326 e. The molecule has 0 spiro atoms. The predicted molar refractivity (Wildman–Crippen MR) is 118 cm³/mol. The summed E-state index contributed by atoms with van der Waals surface area (Å²) in [4.78, 5) is 61.5. The van der Waals surface area contributed by atoms with Crippen LogP contribution in [-0.4, -0.2) is 87.2 Å². The number of hydrogen-bond donors (Lipinski definition) is 6. The first-order valence-corrected chi connectivity index (χ1v) is 10.9.